The highest BCUT2D eigenvalue weighted by molar-refractivity contribution is 6.31. The Labute approximate surface area is 87.6 Å². The fraction of sp³-hybridized carbons (Fsp3) is 0.400. The Bertz CT molecular complexity index is 291. The van der Waals surface area contributed by atoms with Gasteiger partial charge in [0, 0.05) is 5.02 Å². The topological polar surface area (TPSA) is 60.7 Å². The van der Waals surface area contributed by atoms with Crippen LogP contribution >= 0.6 is 11.6 Å². The maximum absolute atomic E-state index is 9.38. The summed E-state index contributed by atoms with van der Waals surface area (Å²) in [5.41, 5.74) is 0.541. The third kappa shape index (κ3) is 2.45. The van der Waals surface area contributed by atoms with Crippen molar-refractivity contribution in [3.63, 3.8) is 0 Å². The van der Waals surface area contributed by atoms with Gasteiger partial charge < -0.3 is 15.3 Å². The lowest BCUT2D eigenvalue weighted by molar-refractivity contribution is -0.0857. The van der Waals surface area contributed by atoms with E-state index in [2.05, 4.69) is 0 Å². The standard InChI is InChI=1S/C10H13ClO3/c1-6(12)9(10(13)14)7-4-2-3-5-8(7)11/h2-6,9-10,12-14H,1H3/t6-,9-/m0/s1. The molecule has 0 saturated carbocycles. The Balaban J connectivity index is 3.05. The van der Waals surface area contributed by atoms with Crippen molar-refractivity contribution in [2.45, 2.75) is 25.2 Å². The molecule has 0 amide bonds. The zero-order valence-corrected chi connectivity index (χ0v) is 8.52. The van der Waals surface area contributed by atoms with Crippen molar-refractivity contribution in [1.82, 2.24) is 0 Å². The van der Waals surface area contributed by atoms with E-state index < -0.39 is 18.3 Å². The molecule has 3 nitrogen and oxygen atoms in total. The Morgan fingerprint density at radius 2 is 1.71 bits per heavy atom. The Hall–Kier alpha value is -0.610. The first-order valence-corrected chi connectivity index (χ1v) is 4.70. The molecule has 0 bridgehead atoms. The predicted octanol–water partition coefficient (Wildman–Crippen LogP) is 1.12. The van der Waals surface area contributed by atoms with E-state index in [0.717, 1.165) is 0 Å². The summed E-state index contributed by atoms with van der Waals surface area (Å²) >= 11 is 5.87. The van der Waals surface area contributed by atoms with Gasteiger partial charge >= 0.3 is 0 Å². The highest BCUT2D eigenvalue weighted by atomic mass is 35.5. The van der Waals surface area contributed by atoms with E-state index in [9.17, 15) is 5.11 Å². The van der Waals surface area contributed by atoms with Gasteiger partial charge in [0.05, 0.1) is 12.0 Å². The zero-order chi connectivity index (χ0) is 10.7. The predicted molar refractivity (Wildman–Crippen MR) is 54.1 cm³/mol. The normalized spacial score (nSPS) is 15.6. The number of benzene rings is 1. The van der Waals surface area contributed by atoms with Crippen LogP contribution in [0.2, 0.25) is 5.02 Å². The van der Waals surface area contributed by atoms with Crippen LogP contribution in [0.4, 0.5) is 0 Å². The van der Waals surface area contributed by atoms with Crippen molar-refractivity contribution in [3.05, 3.63) is 34.9 Å². The number of aliphatic hydroxyl groups is 3. The number of aliphatic hydroxyl groups excluding tert-OH is 2. The highest BCUT2D eigenvalue weighted by Gasteiger charge is 2.25. The zero-order valence-electron chi connectivity index (χ0n) is 7.76. The first-order chi connectivity index (χ1) is 6.54. The molecule has 0 spiro atoms. The molecule has 0 unspecified atom stereocenters. The minimum atomic E-state index is -1.62. The molecule has 0 fully saturated rings. The van der Waals surface area contributed by atoms with Crippen LogP contribution in [0.1, 0.15) is 18.4 Å². The van der Waals surface area contributed by atoms with Gasteiger partial charge in [-0.15, -0.1) is 0 Å². The Morgan fingerprint density at radius 1 is 1.14 bits per heavy atom. The molecular formula is C10H13ClO3. The van der Waals surface area contributed by atoms with Crippen molar-refractivity contribution < 1.29 is 15.3 Å². The molecule has 0 heterocycles. The molecule has 3 N–H and O–H groups in total. The first-order valence-electron chi connectivity index (χ1n) is 4.32. The summed E-state index contributed by atoms with van der Waals surface area (Å²) in [4.78, 5) is 0. The van der Waals surface area contributed by atoms with Crippen LogP contribution in [-0.2, 0) is 0 Å². The number of hydrogen-bond acceptors (Lipinski definition) is 3. The largest absolute Gasteiger partial charge is 0.393 e. The molecular weight excluding hydrogens is 204 g/mol. The lowest BCUT2D eigenvalue weighted by Gasteiger charge is -2.22. The number of hydrogen-bond donors (Lipinski definition) is 3. The number of rotatable bonds is 3. The van der Waals surface area contributed by atoms with Crippen LogP contribution in [0, 0.1) is 0 Å². The molecule has 78 valence electrons. The second kappa shape index (κ2) is 4.75. The minimum Gasteiger partial charge on any atom is -0.393 e. The molecule has 1 rings (SSSR count). The van der Waals surface area contributed by atoms with E-state index >= 15 is 0 Å². The molecule has 1 aromatic rings. The van der Waals surface area contributed by atoms with Gasteiger partial charge in [-0.25, -0.2) is 0 Å². The van der Waals surface area contributed by atoms with Gasteiger partial charge in [-0.3, -0.25) is 0 Å². The second-order valence-electron chi connectivity index (χ2n) is 3.20. The molecule has 1 aromatic carbocycles. The van der Waals surface area contributed by atoms with E-state index in [-0.39, 0.29) is 0 Å². The average molecular weight is 217 g/mol. The SMILES string of the molecule is C[C@H](O)[C@@H](c1ccccc1Cl)C(O)O. The van der Waals surface area contributed by atoms with E-state index in [1.54, 1.807) is 24.3 Å². The maximum atomic E-state index is 9.38. The van der Waals surface area contributed by atoms with E-state index in [1.165, 1.54) is 6.92 Å². The summed E-state index contributed by atoms with van der Waals surface area (Å²) in [6, 6.07) is 6.79. The average Bonchev–Trinajstić information content (AvgIpc) is 2.07. The lowest BCUT2D eigenvalue weighted by Crippen LogP contribution is -2.27. The van der Waals surface area contributed by atoms with Crippen molar-refractivity contribution >= 4 is 11.6 Å². The van der Waals surface area contributed by atoms with Gasteiger partial charge in [0.1, 0.15) is 0 Å². The van der Waals surface area contributed by atoms with Crippen LogP contribution in [0.25, 0.3) is 0 Å². The minimum absolute atomic E-state index is 0.423. The monoisotopic (exact) mass is 216 g/mol. The summed E-state index contributed by atoms with van der Waals surface area (Å²) in [5, 5.41) is 28.0. The molecule has 0 radical (unpaired) electrons. The van der Waals surface area contributed by atoms with Crippen LogP contribution in [0.5, 0.6) is 0 Å². The van der Waals surface area contributed by atoms with Gasteiger partial charge in [-0.1, -0.05) is 29.8 Å². The van der Waals surface area contributed by atoms with Gasteiger partial charge in [0.2, 0.25) is 0 Å². The third-order valence-electron chi connectivity index (χ3n) is 2.11. The lowest BCUT2D eigenvalue weighted by atomic mass is 9.93. The fourth-order valence-corrected chi connectivity index (χ4v) is 1.68. The van der Waals surface area contributed by atoms with Gasteiger partial charge in [-0.2, -0.15) is 0 Å². The summed E-state index contributed by atoms with van der Waals surface area (Å²) < 4.78 is 0. The van der Waals surface area contributed by atoms with Crippen molar-refractivity contribution in [1.29, 1.82) is 0 Å². The van der Waals surface area contributed by atoms with E-state index in [4.69, 9.17) is 21.8 Å². The van der Waals surface area contributed by atoms with Crippen LogP contribution in [-0.4, -0.2) is 27.7 Å². The quantitative estimate of drug-likeness (QED) is 0.664. The molecule has 0 aromatic heterocycles. The van der Waals surface area contributed by atoms with Crippen LogP contribution < -0.4 is 0 Å². The van der Waals surface area contributed by atoms with Crippen molar-refractivity contribution in [2.75, 3.05) is 0 Å². The van der Waals surface area contributed by atoms with Crippen molar-refractivity contribution in [2.24, 2.45) is 0 Å². The molecule has 2 atom stereocenters. The first kappa shape index (κ1) is 11.5. The fourth-order valence-electron chi connectivity index (χ4n) is 1.42. The van der Waals surface area contributed by atoms with Gasteiger partial charge in [0.25, 0.3) is 0 Å². The highest BCUT2D eigenvalue weighted by Crippen LogP contribution is 2.28. The van der Waals surface area contributed by atoms with Crippen molar-refractivity contribution in [3.8, 4) is 0 Å². The maximum Gasteiger partial charge on any atom is 0.160 e. The van der Waals surface area contributed by atoms with Gasteiger partial charge in [-0.05, 0) is 18.6 Å². The molecule has 0 aliphatic heterocycles. The van der Waals surface area contributed by atoms with Crippen LogP contribution in [0.3, 0.4) is 0 Å². The van der Waals surface area contributed by atoms with Gasteiger partial charge in [0.15, 0.2) is 6.29 Å². The molecule has 0 aliphatic carbocycles. The molecule has 14 heavy (non-hydrogen) atoms. The van der Waals surface area contributed by atoms with Crippen LogP contribution in [0.15, 0.2) is 24.3 Å². The van der Waals surface area contributed by atoms with E-state index in [0.29, 0.717) is 10.6 Å². The summed E-state index contributed by atoms with van der Waals surface area (Å²) in [6.07, 6.45) is -2.48. The molecule has 4 heteroatoms. The summed E-state index contributed by atoms with van der Waals surface area (Å²) in [5.74, 6) is -0.774. The second-order valence-corrected chi connectivity index (χ2v) is 3.61. The molecule has 0 aliphatic rings. The summed E-state index contributed by atoms with van der Waals surface area (Å²) in [7, 11) is 0. The Kier molecular flexibility index (Phi) is 3.89. The third-order valence-corrected chi connectivity index (χ3v) is 2.45. The molecule has 0 saturated heterocycles. The summed E-state index contributed by atoms with van der Waals surface area (Å²) in [6.45, 7) is 1.49. The number of halogens is 1. The Morgan fingerprint density at radius 3 is 2.14 bits per heavy atom. The smallest absolute Gasteiger partial charge is 0.160 e. The van der Waals surface area contributed by atoms with E-state index in [1.807, 2.05) is 0 Å².